The van der Waals surface area contributed by atoms with Crippen LogP contribution < -0.4 is 4.90 Å². The number of alkyl halides is 3. The van der Waals surface area contributed by atoms with Gasteiger partial charge < -0.3 is 9.80 Å². The van der Waals surface area contributed by atoms with E-state index in [0.29, 0.717) is 39.0 Å². The molecule has 0 spiro atoms. The fraction of sp³-hybridized carbons (Fsp3) is 0.429. The topological polar surface area (TPSA) is 73.1 Å². The van der Waals surface area contributed by atoms with Crippen molar-refractivity contribution in [3.63, 3.8) is 0 Å². The summed E-state index contributed by atoms with van der Waals surface area (Å²) in [5.41, 5.74) is 0.00910. The summed E-state index contributed by atoms with van der Waals surface area (Å²) in [5, 5.41) is 8.93. The molecule has 2 aromatic rings. The molecule has 9 heteroatoms. The first-order valence-corrected chi connectivity index (χ1v) is 9.73. The van der Waals surface area contributed by atoms with Crippen molar-refractivity contribution in [2.75, 3.05) is 24.5 Å². The van der Waals surface area contributed by atoms with Crippen LogP contribution in [0.1, 0.15) is 30.5 Å². The zero-order valence-electron chi connectivity index (χ0n) is 16.3. The van der Waals surface area contributed by atoms with Crippen molar-refractivity contribution in [1.29, 1.82) is 5.26 Å². The number of carbonyl (C=O) groups excluding carboxylic acids is 1. The molecule has 0 aliphatic carbocycles. The summed E-state index contributed by atoms with van der Waals surface area (Å²) >= 11 is 0. The average Bonchev–Trinajstić information content (AvgIpc) is 2.76. The third-order valence-electron chi connectivity index (χ3n) is 5.08. The molecule has 6 nitrogen and oxygen atoms in total. The SMILES string of the molecule is N#CCCN(Cc1ccccc1)C(=O)C1CCN(c2nccc(C(F)(F)F)n2)CC1. The van der Waals surface area contributed by atoms with E-state index < -0.39 is 11.9 Å². The molecule has 1 fully saturated rings. The molecule has 1 amide bonds. The smallest absolute Gasteiger partial charge is 0.341 e. The Kier molecular flexibility index (Phi) is 6.87. The minimum absolute atomic E-state index is 0.0290. The number of hydrogen-bond donors (Lipinski definition) is 0. The third kappa shape index (κ3) is 5.47. The van der Waals surface area contributed by atoms with E-state index in [0.717, 1.165) is 17.8 Å². The first kappa shape index (κ1) is 21.6. The lowest BCUT2D eigenvalue weighted by Gasteiger charge is -2.34. The lowest BCUT2D eigenvalue weighted by molar-refractivity contribution is -0.141. The van der Waals surface area contributed by atoms with Gasteiger partial charge in [-0.1, -0.05) is 30.3 Å². The molecule has 0 bridgehead atoms. The van der Waals surface area contributed by atoms with E-state index in [4.69, 9.17) is 5.26 Å². The van der Waals surface area contributed by atoms with Crippen molar-refractivity contribution in [3.8, 4) is 6.07 Å². The molecule has 1 aliphatic heterocycles. The number of piperidine rings is 1. The lowest BCUT2D eigenvalue weighted by Crippen LogP contribution is -2.43. The monoisotopic (exact) mass is 417 g/mol. The number of benzene rings is 1. The van der Waals surface area contributed by atoms with E-state index in [1.54, 1.807) is 9.80 Å². The van der Waals surface area contributed by atoms with E-state index in [9.17, 15) is 18.0 Å². The summed E-state index contributed by atoms with van der Waals surface area (Å²) < 4.78 is 38.7. The number of anilines is 1. The van der Waals surface area contributed by atoms with Gasteiger partial charge >= 0.3 is 6.18 Å². The number of nitriles is 1. The van der Waals surface area contributed by atoms with Crippen LogP contribution in [0.5, 0.6) is 0 Å². The number of carbonyl (C=O) groups is 1. The van der Waals surface area contributed by atoms with Gasteiger partial charge in [0.2, 0.25) is 11.9 Å². The Hall–Kier alpha value is -3.15. The summed E-state index contributed by atoms with van der Waals surface area (Å²) in [4.78, 5) is 24.0. The molecule has 1 saturated heterocycles. The largest absolute Gasteiger partial charge is 0.433 e. The second kappa shape index (κ2) is 9.57. The highest BCUT2D eigenvalue weighted by molar-refractivity contribution is 5.79. The molecule has 158 valence electrons. The molecule has 1 aromatic carbocycles. The fourth-order valence-electron chi connectivity index (χ4n) is 3.50. The van der Waals surface area contributed by atoms with Crippen LogP contribution >= 0.6 is 0 Å². The van der Waals surface area contributed by atoms with Crippen LogP contribution in [-0.4, -0.2) is 40.4 Å². The molecule has 3 rings (SSSR count). The molecule has 0 saturated carbocycles. The van der Waals surface area contributed by atoms with Crippen LogP contribution in [0.4, 0.5) is 19.1 Å². The number of aromatic nitrogens is 2. The molecule has 1 aliphatic rings. The van der Waals surface area contributed by atoms with Crippen LogP contribution in [0.2, 0.25) is 0 Å². The predicted octanol–water partition coefficient (Wildman–Crippen LogP) is 3.65. The Morgan fingerprint density at radius 3 is 2.53 bits per heavy atom. The van der Waals surface area contributed by atoms with Crippen molar-refractivity contribution in [2.24, 2.45) is 5.92 Å². The first-order valence-electron chi connectivity index (χ1n) is 9.73. The Morgan fingerprint density at radius 1 is 1.20 bits per heavy atom. The molecule has 0 atom stereocenters. The van der Waals surface area contributed by atoms with Crippen LogP contribution in [0.3, 0.4) is 0 Å². The number of rotatable bonds is 6. The molecule has 2 heterocycles. The van der Waals surface area contributed by atoms with Gasteiger partial charge in [0.05, 0.1) is 12.5 Å². The van der Waals surface area contributed by atoms with Crippen LogP contribution in [0.25, 0.3) is 0 Å². The Morgan fingerprint density at radius 2 is 1.90 bits per heavy atom. The summed E-state index contributed by atoms with van der Waals surface area (Å²) in [6.07, 6.45) is -2.18. The molecule has 0 N–H and O–H groups in total. The minimum Gasteiger partial charge on any atom is -0.341 e. The normalized spacial score (nSPS) is 14.9. The van der Waals surface area contributed by atoms with Crippen molar-refractivity contribution in [3.05, 3.63) is 53.9 Å². The van der Waals surface area contributed by atoms with Gasteiger partial charge in [0.25, 0.3) is 0 Å². The van der Waals surface area contributed by atoms with Gasteiger partial charge in [0.1, 0.15) is 5.69 Å². The maximum Gasteiger partial charge on any atom is 0.433 e. The molecular formula is C21H22F3N5O. The van der Waals surface area contributed by atoms with Crippen molar-refractivity contribution in [1.82, 2.24) is 14.9 Å². The maximum absolute atomic E-state index is 13.1. The highest BCUT2D eigenvalue weighted by atomic mass is 19.4. The predicted molar refractivity (Wildman–Crippen MR) is 104 cm³/mol. The quantitative estimate of drug-likeness (QED) is 0.717. The number of amides is 1. The van der Waals surface area contributed by atoms with E-state index in [1.807, 2.05) is 30.3 Å². The Bertz CT molecular complexity index is 890. The second-order valence-electron chi connectivity index (χ2n) is 7.15. The van der Waals surface area contributed by atoms with Gasteiger partial charge in [0.15, 0.2) is 0 Å². The van der Waals surface area contributed by atoms with E-state index in [1.165, 1.54) is 0 Å². The Balaban J connectivity index is 1.64. The highest BCUT2D eigenvalue weighted by Gasteiger charge is 2.34. The molecule has 0 radical (unpaired) electrons. The third-order valence-corrected chi connectivity index (χ3v) is 5.08. The van der Waals surface area contributed by atoms with Crippen LogP contribution in [0.15, 0.2) is 42.6 Å². The lowest BCUT2D eigenvalue weighted by atomic mass is 9.95. The summed E-state index contributed by atoms with van der Waals surface area (Å²) in [5.74, 6) is -0.241. The van der Waals surface area contributed by atoms with E-state index in [2.05, 4.69) is 16.0 Å². The van der Waals surface area contributed by atoms with Crippen LogP contribution in [0, 0.1) is 17.2 Å². The molecule has 1 aromatic heterocycles. The number of hydrogen-bond acceptors (Lipinski definition) is 5. The van der Waals surface area contributed by atoms with Crippen molar-refractivity contribution < 1.29 is 18.0 Å². The highest BCUT2D eigenvalue weighted by Crippen LogP contribution is 2.29. The molecule has 30 heavy (non-hydrogen) atoms. The van der Waals surface area contributed by atoms with Gasteiger partial charge in [-0.25, -0.2) is 9.97 Å². The first-order chi connectivity index (χ1) is 14.4. The second-order valence-corrected chi connectivity index (χ2v) is 7.15. The number of halogens is 3. The maximum atomic E-state index is 13.1. The average molecular weight is 417 g/mol. The van der Waals surface area contributed by atoms with E-state index >= 15 is 0 Å². The molecular weight excluding hydrogens is 395 g/mol. The zero-order valence-corrected chi connectivity index (χ0v) is 16.3. The van der Waals surface area contributed by atoms with Crippen LogP contribution in [-0.2, 0) is 17.5 Å². The number of nitrogens with zero attached hydrogens (tertiary/aromatic N) is 5. The van der Waals surface area contributed by atoms with Gasteiger partial charge in [-0.05, 0) is 24.5 Å². The minimum atomic E-state index is -4.52. The van der Waals surface area contributed by atoms with Gasteiger partial charge in [-0.2, -0.15) is 18.4 Å². The van der Waals surface area contributed by atoms with Crippen molar-refractivity contribution >= 4 is 11.9 Å². The summed E-state index contributed by atoms with van der Waals surface area (Å²) in [6.45, 7) is 1.57. The van der Waals surface area contributed by atoms with E-state index in [-0.39, 0.29) is 24.2 Å². The molecule has 0 unspecified atom stereocenters. The summed E-state index contributed by atoms with van der Waals surface area (Å²) in [7, 11) is 0. The van der Waals surface area contributed by atoms with Gasteiger partial charge in [-0.3, -0.25) is 4.79 Å². The van der Waals surface area contributed by atoms with Gasteiger partial charge in [-0.15, -0.1) is 0 Å². The van der Waals surface area contributed by atoms with Crippen molar-refractivity contribution in [2.45, 2.75) is 32.0 Å². The summed E-state index contributed by atoms with van der Waals surface area (Å²) in [6, 6.07) is 12.5. The zero-order chi connectivity index (χ0) is 21.6. The Labute approximate surface area is 173 Å². The van der Waals surface area contributed by atoms with Gasteiger partial charge in [0, 0.05) is 38.3 Å². The fourth-order valence-corrected chi connectivity index (χ4v) is 3.50. The standard InChI is InChI=1S/C21H22F3N5O/c22-21(23,24)18-7-11-26-20(27-18)28-13-8-17(9-14-28)19(30)29(12-4-10-25)15-16-5-2-1-3-6-16/h1-3,5-7,11,17H,4,8-9,12-15H2.